The molecule has 1 atom stereocenters. The number of nitrogens with zero attached hydrogens (tertiary/aromatic N) is 1. The van der Waals surface area contributed by atoms with E-state index in [9.17, 15) is 0 Å². The predicted molar refractivity (Wildman–Crippen MR) is 108 cm³/mol. The van der Waals surface area contributed by atoms with Gasteiger partial charge in [0.1, 0.15) is 0 Å². The van der Waals surface area contributed by atoms with Crippen molar-refractivity contribution in [3.63, 3.8) is 0 Å². The Bertz CT molecular complexity index is 845. The van der Waals surface area contributed by atoms with Crippen LogP contribution in [-0.2, 0) is 0 Å². The molecule has 4 rings (SSSR count). The summed E-state index contributed by atoms with van der Waals surface area (Å²) in [5.41, 5.74) is 2.77. The highest BCUT2D eigenvalue weighted by molar-refractivity contribution is 5.86. The summed E-state index contributed by atoms with van der Waals surface area (Å²) in [7, 11) is 0. The number of hydrogen-bond donors (Lipinski definition) is 0. The van der Waals surface area contributed by atoms with Gasteiger partial charge < -0.3 is 0 Å². The number of piperidine rings is 1. The van der Waals surface area contributed by atoms with Crippen LogP contribution in [0.15, 0.2) is 78.9 Å². The maximum absolute atomic E-state index is 2.64. The fourth-order valence-corrected chi connectivity index (χ4v) is 3.99. The van der Waals surface area contributed by atoms with Crippen molar-refractivity contribution in [3.8, 4) is 0 Å². The Balaban J connectivity index is 1.57. The van der Waals surface area contributed by atoms with Crippen molar-refractivity contribution in [2.24, 2.45) is 0 Å². The van der Waals surface area contributed by atoms with Crippen LogP contribution >= 0.6 is 0 Å². The largest absolute Gasteiger partial charge is 0.293 e. The molecule has 1 heterocycles. The molecule has 3 aromatic rings. The lowest BCUT2D eigenvalue weighted by atomic mass is 9.91. The van der Waals surface area contributed by atoms with Crippen molar-refractivity contribution in [2.45, 2.75) is 25.3 Å². The second kappa shape index (κ2) is 7.67. The van der Waals surface area contributed by atoms with Gasteiger partial charge in [0, 0.05) is 12.6 Å². The molecule has 0 bridgehead atoms. The molecule has 1 aliphatic rings. The molecule has 0 radical (unpaired) electrons. The Morgan fingerprint density at radius 1 is 0.840 bits per heavy atom. The Hall–Kier alpha value is -2.38. The van der Waals surface area contributed by atoms with Gasteiger partial charge in [0.25, 0.3) is 0 Å². The van der Waals surface area contributed by atoms with Crippen LogP contribution in [0, 0.1) is 0 Å². The van der Waals surface area contributed by atoms with Crippen molar-refractivity contribution >= 4 is 16.8 Å². The molecule has 1 aliphatic heterocycles. The highest BCUT2D eigenvalue weighted by Crippen LogP contribution is 2.34. The average Bonchev–Trinajstić information content (AvgIpc) is 2.69. The van der Waals surface area contributed by atoms with Gasteiger partial charge in [-0.2, -0.15) is 0 Å². The van der Waals surface area contributed by atoms with Crippen molar-refractivity contribution in [1.82, 2.24) is 4.90 Å². The third kappa shape index (κ3) is 3.67. The minimum absolute atomic E-state index is 0.528. The van der Waals surface area contributed by atoms with E-state index in [4.69, 9.17) is 0 Å². The molecule has 1 heteroatoms. The number of rotatable bonds is 4. The summed E-state index contributed by atoms with van der Waals surface area (Å²) in [5.74, 6) is 0. The zero-order valence-corrected chi connectivity index (χ0v) is 14.6. The Morgan fingerprint density at radius 2 is 1.64 bits per heavy atom. The summed E-state index contributed by atoms with van der Waals surface area (Å²) < 4.78 is 0. The normalized spacial score (nSPS) is 18.8. The van der Waals surface area contributed by atoms with Gasteiger partial charge in [-0.1, -0.05) is 91.4 Å². The fraction of sp³-hybridized carbons (Fsp3) is 0.250. The first-order chi connectivity index (χ1) is 12.4. The average molecular weight is 327 g/mol. The molecular formula is C24H25N. The van der Waals surface area contributed by atoms with Crippen LogP contribution < -0.4 is 0 Å². The first-order valence-corrected chi connectivity index (χ1v) is 9.35. The topological polar surface area (TPSA) is 3.24 Å². The molecule has 0 amide bonds. The van der Waals surface area contributed by atoms with Crippen LogP contribution in [-0.4, -0.2) is 18.0 Å². The van der Waals surface area contributed by atoms with Gasteiger partial charge in [0.15, 0.2) is 0 Å². The van der Waals surface area contributed by atoms with Crippen molar-refractivity contribution in [1.29, 1.82) is 0 Å². The number of hydrogen-bond acceptors (Lipinski definition) is 1. The first-order valence-electron chi connectivity index (χ1n) is 9.35. The van der Waals surface area contributed by atoms with E-state index in [1.165, 1.54) is 47.7 Å². The highest BCUT2D eigenvalue weighted by atomic mass is 15.2. The van der Waals surface area contributed by atoms with Crippen molar-refractivity contribution in [2.75, 3.05) is 13.1 Å². The molecule has 1 fully saturated rings. The third-order valence-corrected chi connectivity index (χ3v) is 5.25. The highest BCUT2D eigenvalue weighted by Gasteiger charge is 2.24. The number of benzene rings is 3. The van der Waals surface area contributed by atoms with Gasteiger partial charge in [-0.25, -0.2) is 0 Å². The summed E-state index contributed by atoms with van der Waals surface area (Å²) in [5, 5.41) is 2.76. The van der Waals surface area contributed by atoms with Crippen LogP contribution in [0.2, 0.25) is 0 Å². The molecule has 1 unspecified atom stereocenters. The fourth-order valence-electron chi connectivity index (χ4n) is 3.99. The summed E-state index contributed by atoms with van der Waals surface area (Å²) in [6.45, 7) is 2.20. The van der Waals surface area contributed by atoms with E-state index in [-0.39, 0.29) is 0 Å². The second-order valence-corrected chi connectivity index (χ2v) is 6.89. The monoisotopic (exact) mass is 327 g/mol. The van der Waals surface area contributed by atoms with Crippen LogP contribution in [0.3, 0.4) is 0 Å². The molecule has 0 N–H and O–H groups in total. The second-order valence-electron chi connectivity index (χ2n) is 6.89. The van der Waals surface area contributed by atoms with E-state index in [0.717, 1.165) is 6.54 Å². The van der Waals surface area contributed by atoms with Gasteiger partial charge >= 0.3 is 0 Å². The lowest BCUT2D eigenvalue weighted by molar-refractivity contribution is 0.167. The molecule has 0 spiro atoms. The Morgan fingerprint density at radius 3 is 2.56 bits per heavy atom. The van der Waals surface area contributed by atoms with Gasteiger partial charge in [-0.15, -0.1) is 0 Å². The van der Waals surface area contributed by atoms with Crippen molar-refractivity contribution < 1.29 is 0 Å². The van der Waals surface area contributed by atoms with Crippen LogP contribution in [0.5, 0.6) is 0 Å². The lowest BCUT2D eigenvalue weighted by Gasteiger charge is -2.36. The summed E-state index contributed by atoms with van der Waals surface area (Å²) in [4.78, 5) is 2.64. The lowest BCUT2D eigenvalue weighted by Crippen LogP contribution is -2.33. The molecule has 3 aromatic carbocycles. The van der Waals surface area contributed by atoms with E-state index in [1.54, 1.807) is 0 Å². The summed E-state index contributed by atoms with van der Waals surface area (Å²) in [6.07, 6.45) is 8.45. The molecule has 0 saturated carbocycles. The van der Waals surface area contributed by atoms with Gasteiger partial charge in [0.05, 0.1) is 0 Å². The quantitative estimate of drug-likeness (QED) is 0.561. The zero-order valence-electron chi connectivity index (χ0n) is 14.6. The molecule has 0 aromatic heterocycles. The van der Waals surface area contributed by atoms with E-state index >= 15 is 0 Å². The molecule has 126 valence electrons. The molecule has 1 nitrogen and oxygen atoms in total. The SMILES string of the molecule is C(=Cc1ccccc1)CN1CCCCC1c1cccc2ccccc12. The Kier molecular flexibility index (Phi) is 4.94. The van der Waals surface area contributed by atoms with Gasteiger partial charge in [-0.3, -0.25) is 4.90 Å². The van der Waals surface area contributed by atoms with Crippen LogP contribution in [0.1, 0.15) is 36.4 Å². The van der Waals surface area contributed by atoms with Gasteiger partial charge in [-0.05, 0) is 41.3 Å². The minimum Gasteiger partial charge on any atom is -0.293 e. The molecule has 0 aliphatic carbocycles. The smallest absolute Gasteiger partial charge is 0.0357 e. The minimum atomic E-state index is 0.528. The maximum Gasteiger partial charge on any atom is 0.0357 e. The summed E-state index contributed by atoms with van der Waals surface area (Å²) >= 11 is 0. The molecule has 1 saturated heterocycles. The van der Waals surface area contributed by atoms with Gasteiger partial charge in [0.2, 0.25) is 0 Å². The maximum atomic E-state index is 2.64. The van der Waals surface area contributed by atoms with Crippen LogP contribution in [0.4, 0.5) is 0 Å². The standard InChI is InChI=1S/C24H25N/c1-2-10-20(11-3-1)12-9-19-25-18-7-6-17-24(25)23-16-8-14-21-13-4-5-15-22(21)23/h1-5,8-16,24H,6-7,17-19H2. The third-order valence-electron chi connectivity index (χ3n) is 5.25. The van der Waals surface area contributed by atoms with Crippen LogP contribution in [0.25, 0.3) is 16.8 Å². The van der Waals surface area contributed by atoms with E-state index in [2.05, 4.69) is 89.8 Å². The summed E-state index contributed by atoms with van der Waals surface area (Å²) in [6, 6.07) is 26.7. The molecule has 25 heavy (non-hydrogen) atoms. The first kappa shape index (κ1) is 16.1. The zero-order chi connectivity index (χ0) is 16.9. The molecular weight excluding hydrogens is 302 g/mol. The number of likely N-dealkylation sites (tertiary alicyclic amines) is 1. The van der Waals surface area contributed by atoms with E-state index in [1.807, 2.05) is 0 Å². The van der Waals surface area contributed by atoms with E-state index in [0.29, 0.717) is 6.04 Å². The Labute approximate surface area is 150 Å². The van der Waals surface area contributed by atoms with Crippen molar-refractivity contribution in [3.05, 3.63) is 90.0 Å². The predicted octanol–water partition coefficient (Wildman–Crippen LogP) is 6.08. The van der Waals surface area contributed by atoms with E-state index < -0.39 is 0 Å². The number of fused-ring (bicyclic) bond motifs is 1.